The van der Waals surface area contributed by atoms with Crippen molar-refractivity contribution in [1.82, 2.24) is 9.78 Å². The number of anilines is 2. The van der Waals surface area contributed by atoms with Crippen molar-refractivity contribution in [2.75, 3.05) is 11.1 Å². The van der Waals surface area contributed by atoms with E-state index in [1.807, 2.05) is 51.4 Å². The zero-order valence-corrected chi connectivity index (χ0v) is 11.6. The molecule has 19 heavy (non-hydrogen) atoms. The third-order valence-corrected chi connectivity index (χ3v) is 2.54. The van der Waals surface area contributed by atoms with E-state index < -0.39 is 0 Å². The molecule has 2 aromatic rings. The molecule has 1 aromatic carbocycles. The molecule has 5 heteroatoms. The summed E-state index contributed by atoms with van der Waals surface area (Å²) in [4.78, 5) is 0. The minimum Gasteiger partial charge on any atom is -0.491 e. The Kier molecular flexibility index (Phi) is 3.94. The van der Waals surface area contributed by atoms with Gasteiger partial charge >= 0.3 is 0 Å². The van der Waals surface area contributed by atoms with E-state index >= 15 is 0 Å². The second-order valence-electron chi connectivity index (χ2n) is 4.79. The molecule has 0 saturated heterocycles. The van der Waals surface area contributed by atoms with Crippen molar-refractivity contribution in [2.24, 2.45) is 7.05 Å². The van der Waals surface area contributed by atoms with Crippen LogP contribution in [0.2, 0.25) is 0 Å². The van der Waals surface area contributed by atoms with E-state index in [2.05, 4.69) is 10.4 Å². The monoisotopic (exact) mass is 260 g/mol. The number of nitrogens with two attached hydrogens (primary N) is 1. The van der Waals surface area contributed by atoms with E-state index in [4.69, 9.17) is 10.5 Å². The molecule has 0 aliphatic carbocycles. The zero-order valence-electron chi connectivity index (χ0n) is 11.6. The summed E-state index contributed by atoms with van der Waals surface area (Å²) in [5.41, 5.74) is 8.46. The van der Waals surface area contributed by atoms with Crippen LogP contribution in [-0.2, 0) is 13.6 Å². The first-order valence-electron chi connectivity index (χ1n) is 6.32. The van der Waals surface area contributed by atoms with Gasteiger partial charge in [-0.15, -0.1) is 0 Å². The molecule has 0 saturated carbocycles. The number of benzene rings is 1. The molecule has 3 N–H and O–H groups in total. The van der Waals surface area contributed by atoms with Crippen molar-refractivity contribution < 1.29 is 4.74 Å². The zero-order chi connectivity index (χ0) is 13.8. The lowest BCUT2D eigenvalue weighted by Crippen LogP contribution is -2.07. The number of hydrogen-bond donors (Lipinski definition) is 2. The fourth-order valence-electron chi connectivity index (χ4n) is 1.81. The minimum absolute atomic E-state index is 0.130. The highest BCUT2D eigenvalue weighted by atomic mass is 16.5. The first-order valence-corrected chi connectivity index (χ1v) is 6.32. The molecule has 0 aliphatic heterocycles. The van der Waals surface area contributed by atoms with Crippen molar-refractivity contribution in [3.05, 3.63) is 36.2 Å². The quantitative estimate of drug-likeness (QED) is 0.810. The van der Waals surface area contributed by atoms with Gasteiger partial charge < -0.3 is 15.8 Å². The van der Waals surface area contributed by atoms with Gasteiger partial charge in [-0.1, -0.05) is 0 Å². The van der Waals surface area contributed by atoms with Gasteiger partial charge in [0.1, 0.15) is 5.75 Å². The van der Waals surface area contributed by atoms with Crippen LogP contribution in [0, 0.1) is 0 Å². The average molecular weight is 260 g/mol. The van der Waals surface area contributed by atoms with Crippen molar-refractivity contribution in [3.63, 3.8) is 0 Å². The van der Waals surface area contributed by atoms with Gasteiger partial charge in [-0.3, -0.25) is 4.68 Å². The third kappa shape index (κ3) is 3.91. The molecule has 0 bridgehead atoms. The van der Waals surface area contributed by atoms with Gasteiger partial charge in [0.05, 0.1) is 18.3 Å². The molecule has 0 spiro atoms. The van der Waals surface area contributed by atoms with Crippen LogP contribution < -0.4 is 15.8 Å². The molecule has 0 aliphatic rings. The lowest BCUT2D eigenvalue weighted by molar-refractivity contribution is 0.242. The molecular weight excluding hydrogens is 240 g/mol. The highest BCUT2D eigenvalue weighted by Gasteiger charge is 2.03. The Morgan fingerprint density at radius 2 is 2.16 bits per heavy atom. The fraction of sp³-hybridized carbons (Fsp3) is 0.357. The Bertz CT molecular complexity index is 548. The summed E-state index contributed by atoms with van der Waals surface area (Å²) in [6.07, 6.45) is 2.05. The summed E-state index contributed by atoms with van der Waals surface area (Å²) in [5.74, 6) is 0.776. The topological polar surface area (TPSA) is 65.1 Å². The van der Waals surface area contributed by atoms with Crippen LogP contribution in [0.5, 0.6) is 5.75 Å². The van der Waals surface area contributed by atoms with E-state index in [0.717, 1.165) is 17.1 Å². The van der Waals surface area contributed by atoms with Gasteiger partial charge in [-0.05, 0) is 26.0 Å². The van der Waals surface area contributed by atoms with Crippen LogP contribution in [0.25, 0.3) is 0 Å². The summed E-state index contributed by atoms with van der Waals surface area (Å²) < 4.78 is 7.43. The first-order chi connectivity index (χ1) is 9.02. The third-order valence-electron chi connectivity index (χ3n) is 2.54. The smallest absolute Gasteiger partial charge is 0.123 e. The van der Waals surface area contributed by atoms with Crippen LogP contribution in [0.1, 0.15) is 19.5 Å². The molecule has 0 atom stereocenters. The number of nitrogens with one attached hydrogen (secondary N) is 1. The van der Waals surface area contributed by atoms with Gasteiger partial charge in [0, 0.05) is 36.8 Å². The predicted octanol–water partition coefficient (Wildman–Crippen LogP) is 2.40. The fourth-order valence-corrected chi connectivity index (χ4v) is 1.81. The molecule has 0 radical (unpaired) electrons. The van der Waals surface area contributed by atoms with Gasteiger partial charge in [0.25, 0.3) is 0 Å². The lowest BCUT2D eigenvalue weighted by Gasteiger charge is -2.13. The standard InChI is InChI=1S/C14H20N4O/c1-10(2)19-14-7-11(15)6-13(8-14)16-9-12-4-5-18(3)17-12/h4-8,10,16H,9,15H2,1-3H3. The molecule has 1 aromatic heterocycles. The second kappa shape index (κ2) is 5.65. The second-order valence-corrected chi connectivity index (χ2v) is 4.79. The highest BCUT2D eigenvalue weighted by molar-refractivity contribution is 5.59. The Hall–Kier alpha value is -2.17. The number of nitrogen functional groups attached to an aromatic ring is 1. The van der Waals surface area contributed by atoms with E-state index in [1.165, 1.54) is 0 Å². The summed E-state index contributed by atoms with van der Waals surface area (Å²) in [6.45, 7) is 4.64. The largest absolute Gasteiger partial charge is 0.491 e. The minimum atomic E-state index is 0.130. The van der Waals surface area contributed by atoms with E-state index in [0.29, 0.717) is 12.2 Å². The van der Waals surface area contributed by atoms with Crippen LogP contribution >= 0.6 is 0 Å². The SMILES string of the molecule is CC(C)Oc1cc(N)cc(NCc2ccn(C)n2)c1. The number of aromatic nitrogens is 2. The van der Waals surface area contributed by atoms with Crippen molar-refractivity contribution in [1.29, 1.82) is 0 Å². The lowest BCUT2D eigenvalue weighted by atomic mass is 10.2. The number of hydrogen-bond acceptors (Lipinski definition) is 4. The maximum absolute atomic E-state index is 5.87. The number of nitrogens with zero attached hydrogens (tertiary/aromatic N) is 2. The Balaban J connectivity index is 2.05. The number of aryl methyl sites for hydroxylation is 1. The van der Waals surface area contributed by atoms with Crippen molar-refractivity contribution in [3.8, 4) is 5.75 Å². The molecule has 1 heterocycles. The molecular formula is C14H20N4O. The maximum Gasteiger partial charge on any atom is 0.123 e. The van der Waals surface area contributed by atoms with E-state index in [9.17, 15) is 0 Å². The summed E-state index contributed by atoms with van der Waals surface area (Å²) >= 11 is 0. The van der Waals surface area contributed by atoms with Gasteiger partial charge in [0.15, 0.2) is 0 Å². The summed E-state index contributed by atoms with van der Waals surface area (Å²) in [5, 5.41) is 7.60. The first kappa shape index (κ1) is 13.3. The molecule has 5 nitrogen and oxygen atoms in total. The van der Waals surface area contributed by atoms with E-state index in [-0.39, 0.29) is 6.10 Å². The van der Waals surface area contributed by atoms with Crippen LogP contribution in [0.3, 0.4) is 0 Å². The van der Waals surface area contributed by atoms with Crippen molar-refractivity contribution in [2.45, 2.75) is 26.5 Å². The van der Waals surface area contributed by atoms with Gasteiger partial charge in [-0.25, -0.2) is 0 Å². The van der Waals surface area contributed by atoms with E-state index in [1.54, 1.807) is 4.68 Å². The molecule has 0 amide bonds. The normalized spacial score (nSPS) is 10.7. The average Bonchev–Trinajstić information content (AvgIpc) is 2.71. The molecule has 102 valence electrons. The Morgan fingerprint density at radius 3 is 2.79 bits per heavy atom. The molecule has 0 unspecified atom stereocenters. The number of rotatable bonds is 5. The van der Waals surface area contributed by atoms with Crippen LogP contribution in [-0.4, -0.2) is 15.9 Å². The summed E-state index contributed by atoms with van der Waals surface area (Å²) in [7, 11) is 1.90. The Labute approximate surface area is 113 Å². The van der Waals surface area contributed by atoms with Crippen molar-refractivity contribution >= 4 is 11.4 Å². The van der Waals surface area contributed by atoms with Crippen LogP contribution in [0.4, 0.5) is 11.4 Å². The van der Waals surface area contributed by atoms with Crippen LogP contribution in [0.15, 0.2) is 30.5 Å². The Morgan fingerprint density at radius 1 is 1.37 bits per heavy atom. The molecule has 2 rings (SSSR count). The highest BCUT2D eigenvalue weighted by Crippen LogP contribution is 2.23. The van der Waals surface area contributed by atoms with Gasteiger partial charge in [-0.2, -0.15) is 5.10 Å². The maximum atomic E-state index is 5.87. The summed E-state index contributed by atoms with van der Waals surface area (Å²) in [6, 6.07) is 7.63. The molecule has 0 fully saturated rings. The number of ether oxygens (including phenoxy) is 1. The predicted molar refractivity (Wildman–Crippen MR) is 77.2 cm³/mol. The van der Waals surface area contributed by atoms with Gasteiger partial charge in [0.2, 0.25) is 0 Å².